The highest BCUT2D eigenvalue weighted by Crippen LogP contribution is 2.46. The van der Waals surface area contributed by atoms with Crippen LogP contribution in [0.5, 0.6) is 0 Å². The molecule has 0 nitrogen and oxygen atoms in total. The molecule has 0 saturated heterocycles. The summed E-state index contributed by atoms with van der Waals surface area (Å²) in [6, 6.07) is 28.7. The Bertz CT molecular complexity index is 4170. The van der Waals surface area contributed by atoms with Gasteiger partial charge in [0.2, 0.25) is 0 Å². The smallest absolute Gasteiger partial charge is 0.0617 e. The van der Waals surface area contributed by atoms with E-state index in [1.54, 1.807) is 16.7 Å². The van der Waals surface area contributed by atoms with E-state index >= 15 is 0 Å². The molecule has 0 heterocycles. The van der Waals surface area contributed by atoms with Gasteiger partial charge < -0.3 is 0 Å². The Labute approximate surface area is 687 Å². The predicted octanol–water partition coefficient (Wildman–Crippen LogP) is 33.6. The van der Waals surface area contributed by atoms with Gasteiger partial charge in [-0.05, 0) is 349 Å². The molecule has 0 bridgehead atoms. The van der Waals surface area contributed by atoms with Crippen molar-refractivity contribution in [3.63, 3.8) is 0 Å². The van der Waals surface area contributed by atoms with Gasteiger partial charge in [-0.25, -0.2) is 0 Å². The van der Waals surface area contributed by atoms with Crippen molar-refractivity contribution in [2.45, 2.75) is 428 Å². The molecule has 109 heavy (non-hydrogen) atoms. The van der Waals surface area contributed by atoms with Crippen molar-refractivity contribution in [3.05, 3.63) is 243 Å². The summed E-state index contributed by atoms with van der Waals surface area (Å²) in [5, 5.41) is 0. The molecule has 10 rings (SSSR count). The van der Waals surface area contributed by atoms with Crippen LogP contribution >= 0.6 is 0 Å². The number of aryl methyl sites for hydroxylation is 5. The van der Waals surface area contributed by atoms with E-state index in [0.717, 1.165) is 79.0 Å². The van der Waals surface area contributed by atoms with E-state index in [4.69, 9.17) is 9.60 Å². The molecule has 3 saturated carbocycles. The summed E-state index contributed by atoms with van der Waals surface area (Å²) in [6.07, 6.45) is 18.0. The van der Waals surface area contributed by atoms with Gasteiger partial charge in [0, 0.05) is 0 Å². The lowest BCUT2D eigenvalue weighted by molar-refractivity contribution is 0.224. The topological polar surface area (TPSA) is 0 Å². The fourth-order valence-electron chi connectivity index (χ4n) is 16.6. The third-order valence-corrected chi connectivity index (χ3v) is 24.0. The molecule has 0 radical (unpaired) electrons. The summed E-state index contributed by atoms with van der Waals surface area (Å²) < 4.78 is 56.2. The van der Waals surface area contributed by atoms with Gasteiger partial charge in [-0.15, -0.1) is 0 Å². The normalized spacial score (nSPS) is 16.9. The van der Waals surface area contributed by atoms with E-state index in [0.29, 0.717) is 35.0 Å². The van der Waals surface area contributed by atoms with Gasteiger partial charge in [-0.2, -0.15) is 0 Å². The molecule has 0 N–H and O–H groups in total. The molecule has 0 aliphatic heterocycles. The van der Waals surface area contributed by atoms with Crippen molar-refractivity contribution in [1.29, 1.82) is 0 Å². The number of hydrogen-bond acceptors (Lipinski definition) is 0. The zero-order chi connectivity index (χ0) is 89.6. The van der Waals surface area contributed by atoms with Gasteiger partial charge in [0.05, 0.1) is 9.60 Å². The summed E-state index contributed by atoms with van der Waals surface area (Å²) in [6.45, 7) is 89.5. The van der Waals surface area contributed by atoms with Crippen LogP contribution in [0.3, 0.4) is 0 Å². The Morgan fingerprint density at radius 2 is 0.578 bits per heavy atom. The first kappa shape index (κ1) is 84.4. The van der Waals surface area contributed by atoms with Crippen LogP contribution in [0.15, 0.2) is 109 Å². The lowest BCUT2D eigenvalue weighted by Gasteiger charge is -2.35. The van der Waals surface area contributed by atoms with E-state index < -0.39 is 0 Å². The summed E-state index contributed by atoms with van der Waals surface area (Å²) in [5.41, 5.74) is 31.9. The first-order chi connectivity index (χ1) is 52.4. The van der Waals surface area contributed by atoms with Crippen molar-refractivity contribution >= 4 is 0 Å². The van der Waals surface area contributed by atoms with Gasteiger partial charge >= 0.3 is 0 Å². The third-order valence-electron chi connectivity index (χ3n) is 24.0. The Morgan fingerprint density at radius 1 is 0.266 bits per heavy atom. The summed E-state index contributed by atoms with van der Waals surface area (Å²) in [5.74, 6) is 2.40. The lowest BCUT2D eigenvalue weighted by Crippen LogP contribution is -2.21. The molecule has 0 unspecified atom stereocenters. The molecule has 7 aromatic carbocycles. The van der Waals surface area contributed by atoms with Crippen molar-refractivity contribution < 1.29 is 9.60 Å². The van der Waals surface area contributed by atoms with Crippen LogP contribution < -0.4 is 0 Å². The first-order valence-electron chi connectivity index (χ1n) is 46.1. The molecular formula is C109H170. The highest BCUT2D eigenvalue weighted by molar-refractivity contribution is 5.46. The second-order valence-electron chi connectivity index (χ2n) is 43.9. The zero-order valence-electron chi connectivity index (χ0n) is 85.8. The SMILES string of the molecule is Cc1cc(C)c(C)c(C(C)(C)C)c1.Cc1ccc(C2CCC(C)(C)CC2)cc1C(C)(C)C.Cc1ccc(C2CCC(C)(C)CC2)cc1C(C)(C)C.Cc1ccc(C2CCCCC2)cc1C(C)(C)C.[2H]c1c(C)c(C)c(C(C)(C)C)c([2H])c1C(C)(C)C.[2H]c1c(C)c([2H])c(C(C)(C)C)c(C)c1C.[2H]c1c([2H])c(C)c(C)c(C(C)(C)C)c1[2H]. The largest absolute Gasteiger partial charge is 0.0629 e. The van der Waals surface area contributed by atoms with E-state index in [9.17, 15) is 0 Å². The Kier molecular flexibility index (Phi) is 29.5. The maximum Gasteiger partial charge on any atom is 0.0629 e. The van der Waals surface area contributed by atoms with Gasteiger partial charge in [0.1, 0.15) is 0 Å². The fraction of sp³-hybridized carbons (Fsp3) is 0.615. The molecule has 606 valence electrons. The van der Waals surface area contributed by atoms with Crippen molar-refractivity contribution in [2.24, 2.45) is 10.8 Å². The van der Waals surface area contributed by atoms with E-state index in [-0.39, 0.29) is 61.4 Å². The average molecular weight is 1490 g/mol. The minimum absolute atomic E-state index is 0.0234. The van der Waals surface area contributed by atoms with Gasteiger partial charge in [-0.1, -0.05) is 333 Å². The van der Waals surface area contributed by atoms with E-state index in [1.165, 1.54) is 139 Å². The van der Waals surface area contributed by atoms with Crippen LogP contribution in [-0.4, -0.2) is 0 Å². The minimum Gasteiger partial charge on any atom is -0.0617 e. The van der Waals surface area contributed by atoms with Gasteiger partial charge in [-0.3, -0.25) is 0 Å². The second-order valence-corrected chi connectivity index (χ2v) is 43.9. The third kappa shape index (κ3) is 29.5. The molecule has 0 aromatic heterocycles. The Balaban J connectivity index is 0.000000286. The summed E-state index contributed by atoms with van der Waals surface area (Å²) >= 11 is 0. The lowest BCUT2D eigenvalue weighted by atomic mass is 9.70. The molecule has 3 aliphatic rings. The van der Waals surface area contributed by atoms with E-state index in [2.05, 4.69) is 281 Å². The predicted molar refractivity (Wildman–Crippen MR) is 492 cm³/mol. The van der Waals surface area contributed by atoms with Crippen LogP contribution in [0.2, 0.25) is 0 Å². The van der Waals surface area contributed by atoms with Crippen molar-refractivity contribution in [2.75, 3.05) is 0 Å². The van der Waals surface area contributed by atoms with Crippen LogP contribution in [0, 0.1) is 101 Å². The van der Waals surface area contributed by atoms with Crippen LogP contribution in [0.4, 0.5) is 0 Å². The van der Waals surface area contributed by atoms with Gasteiger partial charge in [0.15, 0.2) is 0 Å². The maximum atomic E-state index is 8.52. The van der Waals surface area contributed by atoms with Crippen molar-refractivity contribution in [1.82, 2.24) is 0 Å². The monoisotopic (exact) mass is 1490 g/mol. The molecule has 0 atom stereocenters. The number of benzene rings is 7. The van der Waals surface area contributed by atoms with Crippen LogP contribution in [0.25, 0.3) is 0 Å². The molecule has 7 aromatic rings. The summed E-state index contributed by atoms with van der Waals surface area (Å²) in [4.78, 5) is 0. The standard InChI is InChI=1S/2C19H30.C17H26.C16H26.2C13H20.C12H18/c2*1-14-7-8-16(13-17(14)18(2,3)4)15-9-11-19(5,6)12-10-15;1-13-10-11-15(12-16(13)17(2,3)4)14-8-6-5-7-9-14;1-11-9-13(15(3,4)5)10-14(12(11)2)16(6,7)8;2*1-9-7-10(2)11(3)12(8-9)13(4,5)6;1-9-7-6-8-11(10(9)2)12(3,4)5/h2*7-8,13,15H,9-12H2,1-6H3;10-12,14H,5-9H2,1-4H3;9-10H,1-8H3;2*7-8H,1-6H3;6-8H,1-5H3/i;;;9D,10D;7D,8D;;6D,7D,8D. The van der Waals surface area contributed by atoms with Crippen LogP contribution in [0.1, 0.15) is 438 Å². The van der Waals surface area contributed by atoms with E-state index in [1.807, 2.05) is 69.2 Å². The highest BCUT2D eigenvalue weighted by Gasteiger charge is 2.32. The molecule has 0 amide bonds. The van der Waals surface area contributed by atoms with Crippen LogP contribution in [-0.2, 0) is 43.3 Å². The summed E-state index contributed by atoms with van der Waals surface area (Å²) in [7, 11) is 0. The van der Waals surface area contributed by atoms with Crippen molar-refractivity contribution in [3.8, 4) is 0 Å². The molecule has 0 heteroatoms. The highest BCUT2D eigenvalue weighted by atomic mass is 14.4. The average Bonchev–Trinajstić information content (AvgIpc) is 0.750. The second kappa shape index (κ2) is 38.1. The number of hydrogen-bond donors (Lipinski definition) is 0. The Hall–Kier alpha value is -5.46. The fourth-order valence-corrected chi connectivity index (χ4v) is 16.6. The molecular weight excluding hydrogens is 1310 g/mol. The maximum absolute atomic E-state index is 8.52. The number of rotatable bonds is 3. The quantitative estimate of drug-likeness (QED) is 0.165. The molecule has 3 fully saturated rings. The minimum atomic E-state index is -0.160. The molecule has 0 spiro atoms. The first-order valence-corrected chi connectivity index (χ1v) is 42.6. The van der Waals surface area contributed by atoms with Gasteiger partial charge in [0.25, 0.3) is 0 Å². The molecule has 3 aliphatic carbocycles. The zero-order valence-corrected chi connectivity index (χ0v) is 78.8. The Morgan fingerprint density at radius 3 is 0.917 bits per heavy atom.